The summed E-state index contributed by atoms with van der Waals surface area (Å²) in [5, 5.41) is 1.82. The van der Waals surface area contributed by atoms with E-state index < -0.39 is 23.7 Å². The van der Waals surface area contributed by atoms with Crippen LogP contribution in [-0.4, -0.2) is 19.1 Å². The average Bonchev–Trinajstić information content (AvgIpc) is 2.27. The van der Waals surface area contributed by atoms with Gasteiger partial charge >= 0.3 is 12.3 Å². The third-order valence-electron chi connectivity index (χ3n) is 1.88. The quantitative estimate of drug-likeness (QED) is 0.827. The number of nitrogens with one attached hydrogen (secondary N) is 1. The van der Waals surface area contributed by atoms with Crippen molar-refractivity contribution in [3.8, 4) is 0 Å². The summed E-state index contributed by atoms with van der Waals surface area (Å²) in [5.41, 5.74) is -0.935. The number of alkyl halides is 3. The van der Waals surface area contributed by atoms with Crippen LogP contribution >= 0.6 is 0 Å². The van der Waals surface area contributed by atoms with E-state index in [1.807, 2.05) is 5.32 Å². The minimum atomic E-state index is -4.46. The van der Waals surface area contributed by atoms with Gasteiger partial charge in [-0.25, -0.2) is 4.79 Å². The van der Waals surface area contributed by atoms with Gasteiger partial charge in [0.2, 0.25) is 0 Å². The summed E-state index contributed by atoms with van der Waals surface area (Å²) < 4.78 is 40.8. The molecule has 1 rings (SSSR count). The third-order valence-corrected chi connectivity index (χ3v) is 1.88. The van der Waals surface area contributed by atoms with E-state index in [2.05, 4.69) is 4.74 Å². The molecule has 7 heteroatoms. The molecule has 0 spiro atoms. The van der Waals surface area contributed by atoms with Gasteiger partial charge in [-0.3, -0.25) is 10.1 Å². The molecule has 0 aliphatic heterocycles. The second kappa shape index (κ2) is 4.86. The van der Waals surface area contributed by atoms with Crippen molar-refractivity contribution in [3.63, 3.8) is 0 Å². The summed E-state index contributed by atoms with van der Waals surface area (Å²) in [6.45, 7) is 0. The number of hydrogen-bond acceptors (Lipinski definition) is 3. The van der Waals surface area contributed by atoms with E-state index >= 15 is 0 Å². The summed E-state index contributed by atoms with van der Waals surface area (Å²) >= 11 is 0. The molecule has 0 aliphatic carbocycles. The average molecular weight is 247 g/mol. The number of halogens is 3. The predicted octanol–water partition coefficient (Wildman–Crippen LogP) is 2.20. The largest absolute Gasteiger partial charge is 0.453 e. The Labute approximate surface area is 94.4 Å². The Balaban J connectivity index is 2.81. The fourth-order valence-corrected chi connectivity index (χ4v) is 1.03. The van der Waals surface area contributed by atoms with Crippen molar-refractivity contribution in [2.75, 3.05) is 7.11 Å². The molecule has 0 aliphatic rings. The maximum atomic E-state index is 12.2. The molecular weight excluding hydrogens is 239 g/mol. The van der Waals surface area contributed by atoms with Crippen LogP contribution in [0.3, 0.4) is 0 Å². The molecule has 0 saturated carbocycles. The number of ether oxygens (including phenoxy) is 1. The Morgan fingerprint density at radius 2 is 1.71 bits per heavy atom. The summed E-state index contributed by atoms with van der Waals surface area (Å²) in [6, 6.07) is 3.46. The van der Waals surface area contributed by atoms with Crippen LogP contribution in [-0.2, 0) is 10.9 Å². The van der Waals surface area contributed by atoms with Crippen molar-refractivity contribution < 1.29 is 27.5 Å². The maximum absolute atomic E-state index is 12.2. The van der Waals surface area contributed by atoms with E-state index in [4.69, 9.17) is 0 Å². The zero-order valence-electron chi connectivity index (χ0n) is 8.67. The normalized spacial score (nSPS) is 10.8. The molecule has 92 valence electrons. The lowest BCUT2D eigenvalue weighted by Crippen LogP contribution is -2.30. The number of amides is 2. The first kappa shape index (κ1) is 13.0. The first-order valence-electron chi connectivity index (χ1n) is 4.41. The Morgan fingerprint density at radius 3 is 2.12 bits per heavy atom. The van der Waals surface area contributed by atoms with Crippen LogP contribution in [0.15, 0.2) is 24.3 Å². The highest BCUT2D eigenvalue weighted by Gasteiger charge is 2.30. The molecule has 17 heavy (non-hydrogen) atoms. The Hall–Kier alpha value is -2.05. The van der Waals surface area contributed by atoms with Crippen molar-refractivity contribution in [2.24, 2.45) is 0 Å². The molecule has 0 fully saturated rings. The van der Waals surface area contributed by atoms with Crippen molar-refractivity contribution >= 4 is 12.0 Å². The van der Waals surface area contributed by atoms with Gasteiger partial charge < -0.3 is 4.74 Å². The molecule has 0 unspecified atom stereocenters. The van der Waals surface area contributed by atoms with Gasteiger partial charge in [-0.1, -0.05) is 0 Å². The van der Waals surface area contributed by atoms with Gasteiger partial charge in [-0.05, 0) is 24.3 Å². The molecular formula is C10H8F3NO3. The number of alkyl carbamates (subject to hydrolysis) is 1. The number of carbonyl (C=O) groups excluding carboxylic acids is 2. The van der Waals surface area contributed by atoms with Crippen molar-refractivity contribution in [3.05, 3.63) is 35.4 Å². The molecule has 2 amide bonds. The van der Waals surface area contributed by atoms with Crippen LogP contribution in [0.5, 0.6) is 0 Å². The fourth-order valence-electron chi connectivity index (χ4n) is 1.03. The Morgan fingerprint density at radius 1 is 1.18 bits per heavy atom. The van der Waals surface area contributed by atoms with E-state index in [9.17, 15) is 22.8 Å². The number of hydrogen-bond donors (Lipinski definition) is 1. The Bertz CT molecular complexity index is 425. The molecule has 0 radical (unpaired) electrons. The molecule has 0 aromatic heterocycles. The molecule has 0 bridgehead atoms. The molecule has 1 N–H and O–H groups in total. The summed E-state index contributed by atoms with van der Waals surface area (Å²) in [7, 11) is 1.06. The van der Waals surface area contributed by atoms with Crippen LogP contribution in [0.4, 0.5) is 18.0 Å². The number of rotatable bonds is 1. The van der Waals surface area contributed by atoms with Crippen LogP contribution in [0, 0.1) is 0 Å². The predicted molar refractivity (Wildman–Crippen MR) is 51.3 cm³/mol. The molecule has 4 nitrogen and oxygen atoms in total. The monoisotopic (exact) mass is 247 g/mol. The zero-order valence-corrected chi connectivity index (χ0v) is 8.67. The summed E-state index contributed by atoms with van der Waals surface area (Å²) in [6.07, 6.45) is -5.44. The molecule has 0 heterocycles. The lowest BCUT2D eigenvalue weighted by Gasteiger charge is -2.07. The smallest absolute Gasteiger partial charge is 0.416 e. The number of benzene rings is 1. The third kappa shape index (κ3) is 3.47. The van der Waals surface area contributed by atoms with Crippen LogP contribution < -0.4 is 5.32 Å². The van der Waals surface area contributed by atoms with Gasteiger partial charge in [0.05, 0.1) is 12.7 Å². The second-order valence-corrected chi connectivity index (χ2v) is 3.02. The van der Waals surface area contributed by atoms with Gasteiger partial charge in [-0.2, -0.15) is 13.2 Å². The topological polar surface area (TPSA) is 55.4 Å². The second-order valence-electron chi connectivity index (χ2n) is 3.02. The highest BCUT2D eigenvalue weighted by molar-refractivity contribution is 6.02. The Kier molecular flexibility index (Phi) is 3.72. The number of carbonyl (C=O) groups is 2. The van der Waals surface area contributed by atoms with Gasteiger partial charge in [0.15, 0.2) is 0 Å². The van der Waals surface area contributed by atoms with Gasteiger partial charge in [-0.15, -0.1) is 0 Å². The summed E-state index contributed by atoms with van der Waals surface area (Å²) in [5.74, 6) is -0.828. The van der Waals surface area contributed by atoms with Gasteiger partial charge in [0.1, 0.15) is 0 Å². The first-order valence-corrected chi connectivity index (χ1v) is 4.41. The SMILES string of the molecule is COC(=O)NC(=O)c1ccc(C(F)(F)F)cc1. The fraction of sp³-hybridized carbons (Fsp3) is 0.200. The van der Waals surface area contributed by atoms with Crippen LogP contribution in [0.2, 0.25) is 0 Å². The molecule has 1 aromatic rings. The van der Waals surface area contributed by atoms with Gasteiger partial charge in [0, 0.05) is 5.56 Å². The molecule has 1 aromatic carbocycles. The van der Waals surface area contributed by atoms with Crippen LogP contribution in [0.1, 0.15) is 15.9 Å². The maximum Gasteiger partial charge on any atom is 0.416 e. The minimum absolute atomic E-state index is 0.0663. The molecule has 0 atom stereocenters. The highest BCUT2D eigenvalue weighted by atomic mass is 19.4. The molecule has 0 saturated heterocycles. The zero-order chi connectivity index (χ0) is 13.1. The van der Waals surface area contributed by atoms with Crippen LogP contribution in [0.25, 0.3) is 0 Å². The first-order chi connectivity index (χ1) is 7.84. The number of methoxy groups -OCH3 is 1. The summed E-state index contributed by atoms with van der Waals surface area (Å²) in [4.78, 5) is 22.0. The van der Waals surface area contributed by atoms with Crippen molar-refractivity contribution in [1.82, 2.24) is 5.32 Å². The highest BCUT2D eigenvalue weighted by Crippen LogP contribution is 2.28. The lowest BCUT2D eigenvalue weighted by atomic mass is 10.1. The van der Waals surface area contributed by atoms with E-state index in [1.165, 1.54) is 0 Å². The van der Waals surface area contributed by atoms with Gasteiger partial charge in [0.25, 0.3) is 5.91 Å². The number of imide groups is 1. The van der Waals surface area contributed by atoms with Crippen molar-refractivity contribution in [1.29, 1.82) is 0 Å². The minimum Gasteiger partial charge on any atom is -0.453 e. The van der Waals surface area contributed by atoms with E-state index in [-0.39, 0.29) is 5.56 Å². The lowest BCUT2D eigenvalue weighted by molar-refractivity contribution is -0.137. The standard InChI is InChI=1S/C10H8F3NO3/c1-17-9(16)14-8(15)6-2-4-7(5-3-6)10(11,12)13/h2-5H,1H3,(H,14,15,16). The van der Waals surface area contributed by atoms with E-state index in [0.29, 0.717) is 0 Å². The van der Waals surface area contributed by atoms with E-state index in [1.54, 1.807) is 0 Å². The van der Waals surface area contributed by atoms with Crippen molar-refractivity contribution in [2.45, 2.75) is 6.18 Å². The van der Waals surface area contributed by atoms with E-state index in [0.717, 1.165) is 31.4 Å².